The number of alkyl halides is 6. The second kappa shape index (κ2) is 10.9. The fraction of sp³-hybridized carbons (Fsp3) is 0.333. The summed E-state index contributed by atoms with van der Waals surface area (Å²) in [5.74, 6) is 0.157. The molecule has 0 amide bonds. The van der Waals surface area contributed by atoms with Crippen molar-refractivity contribution in [3.05, 3.63) is 54.0 Å². The first-order chi connectivity index (χ1) is 18.3. The average molecular weight is 551 g/mol. The summed E-state index contributed by atoms with van der Waals surface area (Å²) in [6.45, 7) is 1.24. The van der Waals surface area contributed by atoms with Crippen molar-refractivity contribution in [2.24, 2.45) is 0 Å². The van der Waals surface area contributed by atoms with Crippen molar-refractivity contribution < 1.29 is 26.3 Å². The smallest absolute Gasteiger partial charge is 0.358 e. The number of aromatic nitrogens is 6. The highest BCUT2D eigenvalue weighted by Gasteiger charge is 2.36. The summed E-state index contributed by atoms with van der Waals surface area (Å²) < 4.78 is 80.4. The predicted octanol–water partition coefficient (Wildman–Crippen LogP) is 5.05. The van der Waals surface area contributed by atoms with Crippen LogP contribution >= 0.6 is 0 Å². The summed E-state index contributed by atoms with van der Waals surface area (Å²) in [5, 5.41) is 10.6. The summed E-state index contributed by atoms with van der Waals surface area (Å²) in [6.07, 6.45) is -5.45. The molecule has 15 heteroatoms. The molecule has 4 rings (SSSR count). The van der Waals surface area contributed by atoms with E-state index in [9.17, 15) is 26.3 Å². The van der Waals surface area contributed by atoms with Crippen LogP contribution in [0.3, 0.4) is 0 Å². The molecule has 0 aliphatic rings. The van der Waals surface area contributed by atoms with Crippen LogP contribution in [-0.2, 0) is 12.4 Å². The Kier molecular flexibility index (Phi) is 7.81. The zero-order chi connectivity index (χ0) is 28.4. The minimum Gasteiger partial charge on any atom is -0.358 e. The quantitative estimate of drug-likeness (QED) is 0.302. The molecule has 4 aromatic rings. The van der Waals surface area contributed by atoms with Gasteiger partial charge < -0.3 is 15.1 Å². The molecule has 1 N–H and O–H groups in total. The largest absolute Gasteiger partial charge is 0.418 e. The Hall–Kier alpha value is -4.14. The number of fused-ring (bicyclic) bond motifs is 1. The van der Waals surface area contributed by atoms with Gasteiger partial charge in [0.25, 0.3) is 0 Å². The van der Waals surface area contributed by atoms with Crippen LogP contribution in [-0.4, -0.2) is 69.3 Å². The zero-order valence-electron chi connectivity index (χ0n) is 21.0. The molecule has 206 valence electrons. The van der Waals surface area contributed by atoms with E-state index in [4.69, 9.17) is 0 Å². The minimum atomic E-state index is -4.74. The molecule has 0 aliphatic carbocycles. The number of hydrogen-bond acceptors (Lipinski definition) is 9. The Labute approximate surface area is 218 Å². The molecule has 4 aromatic heterocycles. The lowest BCUT2D eigenvalue weighted by Gasteiger charge is -2.20. The molecule has 0 spiro atoms. The van der Waals surface area contributed by atoms with Crippen LogP contribution in [0.15, 0.2) is 42.9 Å². The fourth-order valence-corrected chi connectivity index (χ4v) is 3.62. The maximum atomic E-state index is 14.0. The second-order valence-electron chi connectivity index (χ2n) is 8.88. The van der Waals surface area contributed by atoms with Crippen LogP contribution in [0.25, 0.3) is 22.6 Å². The van der Waals surface area contributed by atoms with Crippen LogP contribution in [0, 0.1) is 0 Å². The third-order valence-corrected chi connectivity index (χ3v) is 5.62. The molecule has 0 atom stereocenters. The Balaban J connectivity index is 1.64. The molecule has 4 heterocycles. The molecule has 0 radical (unpaired) electrons. The fourth-order valence-electron chi connectivity index (χ4n) is 3.62. The van der Waals surface area contributed by atoms with Crippen molar-refractivity contribution in [1.29, 1.82) is 0 Å². The molecule has 0 bridgehead atoms. The van der Waals surface area contributed by atoms with Crippen molar-refractivity contribution in [2.45, 2.75) is 18.8 Å². The maximum Gasteiger partial charge on any atom is 0.418 e. The van der Waals surface area contributed by atoms with E-state index in [1.807, 2.05) is 19.0 Å². The molecule has 0 aromatic carbocycles. The number of rotatable bonds is 8. The summed E-state index contributed by atoms with van der Waals surface area (Å²) in [6, 6.07) is 4.41. The van der Waals surface area contributed by atoms with Gasteiger partial charge in [0, 0.05) is 26.0 Å². The van der Waals surface area contributed by atoms with Crippen molar-refractivity contribution in [3.8, 4) is 11.4 Å². The van der Waals surface area contributed by atoms with Gasteiger partial charge in [-0.25, -0.2) is 19.9 Å². The van der Waals surface area contributed by atoms with E-state index < -0.39 is 29.2 Å². The Morgan fingerprint density at radius 1 is 0.846 bits per heavy atom. The average Bonchev–Trinajstić information content (AvgIpc) is 2.87. The van der Waals surface area contributed by atoms with E-state index in [0.29, 0.717) is 24.8 Å². The van der Waals surface area contributed by atoms with E-state index in [1.54, 1.807) is 11.9 Å². The van der Waals surface area contributed by atoms with Gasteiger partial charge in [0.2, 0.25) is 0 Å². The third-order valence-electron chi connectivity index (χ3n) is 5.62. The van der Waals surface area contributed by atoms with Gasteiger partial charge in [0.1, 0.15) is 22.7 Å². The predicted molar refractivity (Wildman–Crippen MR) is 132 cm³/mol. The SMILES string of the molecule is CN(C)CCCN(C)c1cc(C(F)(F)F)c(-c2cnc3c(Nc4ccc(C(F)(F)F)cn4)ccnc3n2)nn1. The summed E-state index contributed by atoms with van der Waals surface area (Å²) in [7, 11) is 5.44. The number of nitrogens with zero attached hydrogens (tertiary/aromatic N) is 8. The zero-order valence-corrected chi connectivity index (χ0v) is 21.0. The second-order valence-corrected chi connectivity index (χ2v) is 8.88. The first kappa shape index (κ1) is 27.9. The molecule has 0 aliphatic heterocycles. The molecule has 9 nitrogen and oxygen atoms in total. The minimum absolute atomic E-state index is 0.00999. The van der Waals surface area contributed by atoms with Crippen LogP contribution in [0.2, 0.25) is 0 Å². The van der Waals surface area contributed by atoms with Gasteiger partial charge in [-0.3, -0.25) is 0 Å². The van der Waals surface area contributed by atoms with Crippen molar-refractivity contribution in [2.75, 3.05) is 44.4 Å². The highest BCUT2D eigenvalue weighted by molar-refractivity contribution is 5.87. The van der Waals surface area contributed by atoms with Gasteiger partial charge in [0.15, 0.2) is 11.5 Å². The summed E-state index contributed by atoms with van der Waals surface area (Å²) >= 11 is 0. The van der Waals surface area contributed by atoms with Crippen molar-refractivity contribution >= 4 is 28.5 Å². The maximum absolute atomic E-state index is 14.0. The van der Waals surface area contributed by atoms with Crippen LogP contribution < -0.4 is 10.2 Å². The highest BCUT2D eigenvalue weighted by Crippen LogP contribution is 2.37. The van der Waals surface area contributed by atoms with E-state index in [0.717, 1.165) is 30.9 Å². The van der Waals surface area contributed by atoms with Crippen molar-refractivity contribution in [3.63, 3.8) is 0 Å². The normalized spacial score (nSPS) is 12.3. The van der Waals surface area contributed by atoms with Crippen LogP contribution in [0.4, 0.5) is 43.7 Å². The van der Waals surface area contributed by atoms with Crippen molar-refractivity contribution in [1.82, 2.24) is 35.0 Å². The Bertz CT molecular complexity index is 1440. The number of anilines is 3. The molecule has 39 heavy (non-hydrogen) atoms. The standard InChI is InChI=1S/C24H23F6N9/c1-38(2)9-4-10-39(3)19-11-15(24(28,29)30)20(37-36-19)17-13-33-21-16(7-8-31-22(21)35-17)34-18-6-5-14(12-32-18)23(25,26)27/h5-8,11-13H,4,9-10H2,1-3H3,(H,31,32,34,35). The van der Waals surface area contributed by atoms with Gasteiger partial charge in [-0.05, 0) is 51.3 Å². The van der Waals surface area contributed by atoms with Gasteiger partial charge in [-0.15, -0.1) is 10.2 Å². The highest BCUT2D eigenvalue weighted by atomic mass is 19.4. The third kappa shape index (κ3) is 6.66. The topological polar surface area (TPSA) is 95.8 Å². The van der Waals surface area contributed by atoms with E-state index in [1.165, 1.54) is 12.3 Å². The van der Waals surface area contributed by atoms with Gasteiger partial charge in [-0.2, -0.15) is 26.3 Å². The Morgan fingerprint density at radius 3 is 2.26 bits per heavy atom. The monoisotopic (exact) mass is 551 g/mol. The number of halogens is 6. The van der Waals surface area contributed by atoms with E-state index in [-0.39, 0.29) is 28.5 Å². The lowest BCUT2D eigenvalue weighted by Crippen LogP contribution is -2.25. The molecule has 0 saturated carbocycles. The lowest BCUT2D eigenvalue weighted by atomic mass is 10.1. The van der Waals surface area contributed by atoms with Gasteiger partial charge in [-0.1, -0.05) is 0 Å². The lowest BCUT2D eigenvalue weighted by molar-refractivity contribution is -0.138. The molecular weight excluding hydrogens is 528 g/mol. The summed E-state index contributed by atoms with van der Waals surface area (Å²) in [5.41, 5.74) is -2.18. The molecule has 0 fully saturated rings. The first-order valence-electron chi connectivity index (χ1n) is 11.6. The molecular formula is C24H23F6N9. The van der Waals surface area contributed by atoms with Crippen LogP contribution in [0.5, 0.6) is 0 Å². The summed E-state index contributed by atoms with van der Waals surface area (Å²) in [4.78, 5) is 19.8. The first-order valence-corrected chi connectivity index (χ1v) is 11.6. The van der Waals surface area contributed by atoms with Gasteiger partial charge >= 0.3 is 12.4 Å². The Morgan fingerprint density at radius 2 is 1.62 bits per heavy atom. The number of nitrogens with one attached hydrogen (secondary N) is 1. The van der Waals surface area contributed by atoms with Gasteiger partial charge in [0.05, 0.1) is 23.0 Å². The number of hydrogen-bond donors (Lipinski definition) is 1. The van der Waals surface area contributed by atoms with E-state index >= 15 is 0 Å². The van der Waals surface area contributed by atoms with E-state index in [2.05, 4.69) is 35.5 Å². The molecule has 0 saturated heterocycles. The molecule has 0 unspecified atom stereocenters. The number of pyridine rings is 2. The van der Waals surface area contributed by atoms with Crippen LogP contribution in [0.1, 0.15) is 17.5 Å².